The number of benzene rings is 1. The Morgan fingerprint density at radius 2 is 2.00 bits per heavy atom. The molecule has 1 heteroatoms. The van der Waals surface area contributed by atoms with Crippen LogP contribution in [0.5, 0.6) is 0 Å². The van der Waals surface area contributed by atoms with Gasteiger partial charge in [-0.2, -0.15) is 0 Å². The van der Waals surface area contributed by atoms with Crippen molar-refractivity contribution in [3.8, 4) is 0 Å². The van der Waals surface area contributed by atoms with Crippen LogP contribution in [0, 0.1) is 13.8 Å². The smallest absolute Gasteiger partial charge is 0.0478 e. The molecule has 0 radical (unpaired) electrons. The number of rotatable bonds is 2. The molecule has 0 amide bonds. The molecule has 2 N–H and O–H groups in total. The van der Waals surface area contributed by atoms with Gasteiger partial charge in [-0.3, -0.25) is 0 Å². The van der Waals surface area contributed by atoms with Crippen molar-refractivity contribution in [2.45, 2.75) is 19.9 Å². The Hall–Kier alpha value is -1.08. The Kier molecular flexibility index (Phi) is 2.66. The van der Waals surface area contributed by atoms with Crippen molar-refractivity contribution in [2.75, 3.05) is 0 Å². The summed E-state index contributed by atoms with van der Waals surface area (Å²) in [6, 6.07) is 6.22. The van der Waals surface area contributed by atoms with E-state index in [1.165, 1.54) is 11.1 Å². The van der Waals surface area contributed by atoms with Crippen LogP contribution in [0.3, 0.4) is 0 Å². The molecule has 0 aromatic heterocycles. The SMILES string of the molecule is C=C[C@H](N)c1ccc(C)c(C)c1. The maximum absolute atomic E-state index is 5.80. The highest BCUT2D eigenvalue weighted by atomic mass is 14.6. The molecule has 0 aliphatic rings. The Balaban J connectivity index is 3.04. The first-order valence-corrected chi connectivity index (χ1v) is 4.10. The standard InChI is InChI=1S/C11H15N/c1-4-11(12)10-6-5-8(2)9(3)7-10/h4-7,11H,1,12H2,2-3H3/t11-/m0/s1. The summed E-state index contributed by atoms with van der Waals surface area (Å²) in [5.41, 5.74) is 9.51. The Bertz CT molecular complexity index is 289. The second-order valence-corrected chi connectivity index (χ2v) is 3.11. The molecule has 0 unspecified atom stereocenters. The third-order valence-electron chi connectivity index (χ3n) is 2.17. The van der Waals surface area contributed by atoms with Gasteiger partial charge in [-0.15, -0.1) is 6.58 Å². The van der Waals surface area contributed by atoms with Gasteiger partial charge in [0.25, 0.3) is 0 Å². The van der Waals surface area contributed by atoms with Gasteiger partial charge in [0.1, 0.15) is 0 Å². The Morgan fingerprint density at radius 1 is 1.33 bits per heavy atom. The fraction of sp³-hybridized carbons (Fsp3) is 0.273. The second-order valence-electron chi connectivity index (χ2n) is 3.11. The van der Waals surface area contributed by atoms with E-state index < -0.39 is 0 Å². The van der Waals surface area contributed by atoms with Crippen molar-refractivity contribution in [2.24, 2.45) is 5.73 Å². The molecule has 0 saturated heterocycles. The zero-order chi connectivity index (χ0) is 9.14. The molecule has 1 rings (SSSR count). The monoisotopic (exact) mass is 161 g/mol. The number of hydrogen-bond donors (Lipinski definition) is 1. The molecule has 0 aliphatic carbocycles. The van der Waals surface area contributed by atoms with Crippen LogP contribution in [-0.4, -0.2) is 0 Å². The highest BCUT2D eigenvalue weighted by molar-refractivity contribution is 5.32. The topological polar surface area (TPSA) is 26.0 Å². The Morgan fingerprint density at radius 3 is 2.50 bits per heavy atom. The van der Waals surface area contributed by atoms with Crippen LogP contribution in [-0.2, 0) is 0 Å². The van der Waals surface area contributed by atoms with Crippen molar-refractivity contribution >= 4 is 0 Å². The molecule has 1 aromatic carbocycles. The summed E-state index contributed by atoms with van der Waals surface area (Å²) in [6.45, 7) is 7.85. The van der Waals surface area contributed by atoms with Crippen molar-refractivity contribution < 1.29 is 0 Å². The molecule has 0 fully saturated rings. The minimum Gasteiger partial charge on any atom is -0.321 e. The summed E-state index contributed by atoms with van der Waals surface area (Å²) < 4.78 is 0. The summed E-state index contributed by atoms with van der Waals surface area (Å²) in [4.78, 5) is 0. The lowest BCUT2D eigenvalue weighted by Crippen LogP contribution is -2.06. The quantitative estimate of drug-likeness (QED) is 0.662. The average molecular weight is 161 g/mol. The molecular weight excluding hydrogens is 146 g/mol. The van der Waals surface area contributed by atoms with Gasteiger partial charge in [-0.05, 0) is 30.5 Å². The van der Waals surface area contributed by atoms with Gasteiger partial charge in [0, 0.05) is 6.04 Å². The minimum absolute atomic E-state index is 0.0377. The number of nitrogens with two attached hydrogens (primary N) is 1. The number of aryl methyl sites for hydroxylation is 2. The summed E-state index contributed by atoms with van der Waals surface area (Å²) in [5, 5.41) is 0. The first-order chi connectivity index (χ1) is 5.65. The predicted octanol–water partition coefficient (Wildman–Crippen LogP) is 2.49. The lowest BCUT2D eigenvalue weighted by Gasteiger charge is -2.08. The minimum atomic E-state index is -0.0377. The van der Waals surface area contributed by atoms with Gasteiger partial charge >= 0.3 is 0 Å². The van der Waals surface area contributed by atoms with Gasteiger partial charge in [-0.25, -0.2) is 0 Å². The van der Waals surface area contributed by atoms with E-state index in [1.54, 1.807) is 6.08 Å². The predicted molar refractivity (Wildman–Crippen MR) is 53.0 cm³/mol. The molecule has 1 aromatic rings. The first-order valence-electron chi connectivity index (χ1n) is 4.10. The molecule has 12 heavy (non-hydrogen) atoms. The summed E-state index contributed by atoms with van der Waals surface area (Å²) in [7, 11) is 0. The van der Waals surface area contributed by atoms with Crippen molar-refractivity contribution in [3.05, 3.63) is 47.5 Å². The van der Waals surface area contributed by atoms with Crippen molar-refractivity contribution in [1.82, 2.24) is 0 Å². The van der Waals surface area contributed by atoms with Crippen LogP contribution in [0.2, 0.25) is 0 Å². The maximum Gasteiger partial charge on any atom is 0.0478 e. The van der Waals surface area contributed by atoms with Crippen LogP contribution >= 0.6 is 0 Å². The first kappa shape index (κ1) is 9.01. The molecule has 1 atom stereocenters. The van der Waals surface area contributed by atoms with E-state index in [9.17, 15) is 0 Å². The average Bonchev–Trinajstić information content (AvgIpc) is 2.08. The van der Waals surface area contributed by atoms with Crippen molar-refractivity contribution in [3.63, 3.8) is 0 Å². The molecule has 64 valence electrons. The van der Waals surface area contributed by atoms with Crippen molar-refractivity contribution in [1.29, 1.82) is 0 Å². The molecule has 0 bridgehead atoms. The summed E-state index contributed by atoms with van der Waals surface area (Å²) >= 11 is 0. The van der Waals surface area contributed by atoms with Gasteiger partial charge in [0.15, 0.2) is 0 Å². The maximum atomic E-state index is 5.80. The largest absolute Gasteiger partial charge is 0.321 e. The van der Waals surface area contributed by atoms with E-state index >= 15 is 0 Å². The molecule has 0 aliphatic heterocycles. The highest BCUT2D eigenvalue weighted by Crippen LogP contribution is 2.15. The fourth-order valence-corrected chi connectivity index (χ4v) is 1.11. The van der Waals surface area contributed by atoms with E-state index in [-0.39, 0.29) is 6.04 Å². The molecule has 0 saturated carbocycles. The summed E-state index contributed by atoms with van der Waals surface area (Å²) in [6.07, 6.45) is 1.75. The van der Waals surface area contributed by atoms with Gasteiger partial charge in [0.05, 0.1) is 0 Å². The van der Waals surface area contributed by atoms with Gasteiger partial charge < -0.3 is 5.73 Å². The van der Waals surface area contributed by atoms with Crippen LogP contribution in [0.15, 0.2) is 30.9 Å². The van der Waals surface area contributed by atoms with Crippen LogP contribution in [0.4, 0.5) is 0 Å². The third kappa shape index (κ3) is 1.74. The molecular formula is C11H15N. The van der Waals surface area contributed by atoms with E-state index in [2.05, 4.69) is 38.6 Å². The lowest BCUT2D eigenvalue weighted by atomic mass is 10.0. The summed E-state index contributed by atoms with van der Waals surface area (Å²) in [5.74, 6) is 0. The zero-order valence-electron chi connectivity index (χ0n) is 7.67. The van der Waals surface area contributed by atoms with E-state index in [4.69, 9.17) is 5.73 Å². The van der Waals surface area contributed by atoms with Crippen LogP contribution < -0.4 is 5.73 Å². The van der Waals surface area contributed by atoms with Crippen LogP contribution in [0.25, 0.3) is 0 Å². The van der Waals surface area contributed by atoms with Gasteiger partial charge in [0.2, 0.25) is 0 Å². The highest BCUT2D eigenvalue weighted by Gasteiger charge is 2.01. The van der Waals surface area contributed by atoms with Crippen LogP contribution in [0.1, 0.15) is 22.7 Å². The van der Waals surface area contributed by atoms with E-state index in [0.29, 0.717) is 0 Å². The zero-order valence-corrected chi connectivity index (χ0v) is 7.67. The normalized spacial score (nSPS) is 12.6. The fourth-order valence-electron chi connectivity index (χ4n) is 1.11. The lowest BCUT2D eigenvalue weighted by molar-refractivity contribution is 0.911. The van der Waals surface area contributed by atoms with E-state index in [1.807, 2.05) is 0 Å². The molecule has 0 spiro atoms. The molecule has 1 nitrogen and oxygen atoms in total. The van der Waals surface area contributed by atoms with E-state index in [0.717, 1.165) is 5.56 Å². The second kappa shape index (κ2) is 3.55. The van der Waals surface area contributed by atoms with Gasteiger partial charge in [-0.1, -0.05) is 24.3 Å². The third-order valence-corrected chi connectivity index (χ3v) is 2.17. The Labute approximate surface area is 73.9 Å². The molecule has 0 heterocycles. The number of hydrogen-bond acceptors (Lipinski definition) is 1.